The molecule has 0 aromatic heterocycles. The number of hydrogen-bond donors (Lipinski definition) is 2. The summed E-state index contributed by atoms with van der Waals surface area (Å²) in [5, 5.41) is 0. The van der Waals surface area contributed by atoms with Gasteiger partial charge in [-0.1, -0.05) is 19.9 Å². The minimum atomic E-state index is -1.43. The van der Waals surface area contributed by atoms with E-state index in [2.05, 4.69) is 19.3 Å². The van der Waals surface area contributed by atoms with Crippen LogP contribution in [0.25, 0.3) is 0 Å². The Morgan fingerprint density at radius 2 is 1.57 bits per heavy atom. The Morgan fingerprint density at radius 3 is 2.10 bits per heavy atom. The van der Waals surface area contributed by atoms with E-state index in [0.29, 0.717) is 11.8 Å². The van der Waals surface area contributed by atoms with Crippen molar-refractivity contribution in [2.45, 2.75) is 45.6 Å². The van der Waals surface area contributed by atoms with Crippen molar-refractivity contribution in [3.63, 3.8) is 0 Å². The molecule has 0 spiro atoms. The van der Waals surface area contributed by atoms with Gasteiger partial charge in [0, 0.05) is 5.56 Å². The Balaban J connectivity index is 2.16. The first-order valence-corrected chi connectivity index (χ1v) is 7.55. The van der Waals surface area contributed by atoms with Crippen molar-refractivity contribution in [2.75, 3.05) is 0 Å². The second kappa shape index (κ2) is 6.79. The highest BCUT2D eigenvalue weighted by Crippen LogP contribution is 2.39. The zero-order valence-corrected chi connectivity index (χ0v) is 12.5. The van der Waals surface area contributed by atoms with Gasteiger partial charge in [0.05, 0.1) is 6.04 Å². The van der Waals surface area contributed by atoms with E-state index in [0.717, 1.165) is 31.7 Å². The van der Waals surface area contributed by atoms with Crippen molar-refractivity contribution in [1.82, 2.24) is 5.43 Å². The van der Waals surface area contributed by atoms with Crippen LogP contribution in [0.4, 0.5) is 13.2 Å². The lowest BCUT2D eigenvalue weighted by molar-refractivity contribution is 0.187. The summed E-state index contributed by atoms with van der Waals surface area (Å²) in [6.07, 6.45) is 3.95. The lowest BCUT2D eigenvalue weighted by Crippen LogP contribution is -2.36. The second-order valence-corrected chi connectivity index (χ2v) is 6.33. The Kier molecular flexibility index (Phi) is 5.27. The van der Waals surface area contributed by atoms with E-state index in [1.807, 2.05) is 0 Å². The predicted octanol–water partition coefficient (Wildman–Crippen LogP) is 4.07. The molecular weight excluding hydrogens is 277 g/mol. The van der Waals surface area contributed by atoms with Crippen LogP contribution in [0, 0.1) is 35.2 Å². The minimum Gasteiger partial charge on any atom is -0.271 e. The number of nitrogens with two attached hydrogens (primary N) is 1. The fourth-order valence-corrected chi connectivity index (χ4v) is 3.41. The number of benzene rings is 1. The second-order valence-electron chi connectivity index (χ2n) is 6.33. The van der Waals surface area contributed by atoms with Gasteiger partial charge >= 0.3 is 0 Å². The molecule has 0 aliphatic heterocycles. The highest BCUT2D eigenvalue weighted by Gasteiger charge is 2.31. The van der Waals surface area contributed by atoms with E-state index < -0.39 is 23.5 Å². The molecule has 118 valence electrons. The molecule has 1 aromatic rings. The lowest BCUT2D eigenvalue weighted by atomic mass is 9.73. The first-order valence-electron chi connectivity index (χ1n) is 7.55. The molecule has 5 heteroatoms. The van der Waals surface area contributed by atoms with Crippen LogP contribution >= 0.6 is 0 Å². The van der Waals surface area contributed by atoms with Crippen LogP contribution < -0.4 is 11.3 Å². The molecule has 0 radical (unpaired) electrons. The number of halogens is 3. The summed E-state index contributed by atoms with van der Waals surface area (Å²) in [5.41, 5.74) is 2.71. The first kappa shape index (κ1) is 16.3. The van der Waals surface area contributed by atoms with Crippen molar-refractivity contribution in [2.24, 2.45) is 23.6 Å². The Hall–Kier alpha value is -1.07. The third-order valence-corrected chi connectivity index (χ3v) is 4.81. The molecule has 0 bridgehead atoms. The molecule has 1 aliphatic carbocycles. The van der Waals surface area contributed by atoms with Gasteiger partial charge in [0.2, 0.25) is 0 Å². The average Bonchev–Trinajstić information content (AvgIpc) is 2.48. The van der Waals surface area contributed by atoms with Crippen molar-refractivity contribution >= 4 is 0 Å². The fourth-order valence-electron chi connectivity index (χ4n) is 3.41. The van der Waals surface area contributed by atoms with Gasteiger partial charge in [-0.3, -0.25) is 11.3 Å². The summed E-state index contributed by atoms with van der Waals surface area (Å²) >= 11 is 0. The summed E-state index contributed by atoms with van der Waals surface area (Å²) in [7, 11) is 0. The monoisotopic (exact) mass is 300 g/mol. The highest BCUT2D eigenvalue weighted by molar-refractivity contribution is 5.24. The predicted molar refractivity (Wildman–Crippen MR) is 76.7 cm³/mol. The standard InChI is InChI=1S/C16H23F3N2/c1-9(2)10-3-5-11(6-4-10)16(21-20)12-7-8-13(17)15(19)14(12)18/h7-11,16,21H,3-6,20H2,1-2H3. The normalized spacial score (nSPS) is 24.3. The van der Waals surface area contributed by atoms with Gasteiger partial charge in [0.25, 0.3) is 0 Å². The Bertz CT molecular complexity index is 483. The molecule has 1 atom stereocenters. The van der Waals surface area contributed by atoms with E-state index in [9.17, 15) is 13.2 Å². The number of hydrazine groups is 1. The van der Waals surface area contributed by atoms with Gasteiger partial charge in [0.1, 0.15) is 0 Å². The molecule has 0 saturated heterocycles. The van der Waals surface area contributed by atoms with Gasteiger partial charge < -0.3 is 0 Å². The zero-order valence-electron chi connectivity index (χ0n) is 12.5. The third kappa shape index (κ3) is 3.40. The summed E-state index contributed by atoms with van der Waals surface area (Å²) in [5.74, 6) is 3.27. The Labute approximate surface area is 123 Å². The van der Waals surface area contributed by atoms with Gasteiger partial charge in [-0.2, -0.15) is 0 Å². The molecule has 21 heavy (non-hydrogen) atoms. The lowest BCUT2D eigenvalue weighted by Gasteiger charge is -2.35. The maximum Gasteiger partial charge on any atom is 0.194 e. The largest absolute Gasteiger partial charge is 0.271 e. The van der Waals surface area contributed by atoms with Crippen LogP contribution in [0.15, 0.2) is 12.1 Å². The van der Waals surface area contributed by atoms with Crippen LogP contribution in [0.2, 0.25) is 0 Å². The van der Waals surface area contributed by atoms with Crippen LogP contribution in [0.3, 0.4) is 0 Å². The van der Waals surface area contributed by atoms with Gasteiger partial charge in [-0.25, -0.2) is 13.2 Å². The van der Waals surface area contributed by atoms with E-state index in [-0.39, 0.29) is 11.5 Å². The van der Waals surface area contributed by atoms with Gasteiger partial charge in [0.15, 0.2) is 17.5 Å². The molecule has 1 unspecified atom stereocenters. The first-order chi connectivity index (χ1) is 9.95. The van der Waals surface area contributed by atoms with Crippen LogP contribution in [-0.2, 0) is 0 Å². The zero-order chi connectivity index (χ0) is 15.6. The quantitative estimate of drug-likeness (QED) is 0.500. The molecule has 1 saturated carbocycles. The number of rotatable bonds is 4. The maximum absolute atomic E-state index is 13.9. The van der Waals surface area contributed by atoms with E-state index >= 15 is 0 Å². The summed E-state index contributed by atoms with van der Waals surface area (Å²) in [6.45, 7) is 4.41. The number of hydrogen-bond acceptors (Lipinski definition) is 2. The summed E-state index contributed by atoms with van der Waals surface area (Å²) in [4.78, 5) is 0. The van der Waals surface area contributed by atoms with E-state index in [1.54, 1.807) is 0 Å². The minimum absolute atomic E-state index is 0.115. The molecule has 1 aromatic carbocycles. The van der Waals surface area contributed by atoms with Crippen molar-refractivity contribution in [3.8, 4) is 0 Å². The molecular formula is C16H23F3N2. The van der Waals surface area contributed by atoms with Crippen LogP contribution in [0.5, 0.6) is 0 Å². The van der Waals surface area contributed by atoms with Crippen molar-refractivity contribution in [1.29, 1.82) is 0 Å². The maximum atomic E-state index is 13.9. The van der Waals surface area contributed by atoms with Crippen LogP contribution in [0.1, 0.15) is 51.1 Å². The SMILES string of the molecule is CC(C)C1CCC(C(NN)c2ccc(F)c(F)c2F)CC1. The summed E-state index contributed by atoms with van der Waals surface area (Å²) in [6, 6.07) is 1.76. The number of nitrogens with one attached hydrogen (secondary N) is 1. The molecule has 2 rings (SSSR count). The van der Waals surface area contributed by atoms with Crippen LogP contribution in [-0.4, -0.2) is 0 Å². The smallest absolute Gasteiger partial charge is 0.194 e. The average molecular weight is 300 g/mol. The van der Waals surface area contributed by atoms with E-state index in [1.165, 1.54) is 6.07 Å². The molecule has 0 heterocycles. The molecule has 3 N–H and O–H groups in total. The Morgan fingerprint density at radius 1 is 1.00 bits per heavy atom. The molecule has 1 fully saturated rings. The molecule has 1 aliphatic rings. The molecule has 2 nitrogen and oxygen atoms in total. The molecule has 0 amide bonds. The van der Waals surface area contributed by atoms with Crippen molar-refractivity contribution < 1.29 is 13.2 Å². The van der Waals surface area contributed by atoms with Crippen molar-refractivity contribution in [3.05, 3.63) is 35.1 Å². The van der Waals surface area contributed by atoms with E-state index in [4.69, 9.17) is 5.84 Å². The fraction of sp³-hybridized carbons (Fsp3) is 0.625. The highest BCUT2D eigenvalue weighted by atomic mass is 19.2. The van der Waals surface area contributed by atoms with Gasteiger partial charge in [-0.05, 0) is 49.5 Å². The summed E-state index contributed by atoms with van der Waals surface area (Å²) < 4.78 is 40.4. The van der Waals surface area contributed by atoms with Gasteiger partial charge in [-0.15, -0.1) is 0 Å². The third-order valence-electron chi connectivity index (χ3n) is 4.81. The topological polar surface area (TPSA) is 38.0 Å².